The second-order valence-electron chi connectivity index (χ2n) is 2.34. The Morgan fingerprint density at radius 2 is 2.17 bits per heavy atom. The minimum Gasteiger partial charge on any atom is -0.325 e. The highest BCUT2D eigenvalue weighted by Gasteiger charge is 2.00. The molecule has 2 nitrogen and oxygen atoms in total. The maximum atomic E-state index is 10.9. The zero-order valence-electron chi connectivity index (χ0n) is 6.51. The van der Waals surface area contributed by atoms with Gasteiger partial charge >= 0.3 is 0 Å². The van der Waals surface area contributed by atoms with Crippen molar-refractivity contribution >= 4 is 23.2 Å². The van der Waals surface area contributed by atoms with E-state index in [0.717, 1.165) is 5.56 Å². The second-order valence-corrected chi connectivity index (χ2v) is 2.61. The average Bonchev–Trinajstić information content (AvgIpc) is 2.09. The molecular weight excluding hydrogens is 174 g/mol. The van der Waals surface area contributed by atoms with E-state index in [1.807, 2.05) is 18.2 Å². The number of para-hydroxylation sites is 1. The molecule has 3 heteroatoms. The highest BCUT2D eigenvalue weighted by Crippen LogP contribution is 2.12. The highest BCUT2D eigenvalue weighted by molar-refractivity contribution is 6.29. The standard InChI is InChI=1S/C9H9ClNO/c1-7-4-2-3-5-8(7)11-9(12)6-10/h2-5H,1,6H2,(H,11,12). The van der Waals surface area contributed by atoms with Crippen LogP contribution in [0.15, 0.2) is 24.3 Å². The van der Waals surface area contributed by atoms with Gasteiger partial charge in [0.1, 0.15) is 5.88 Å². The number of nitrogens with one attached hydrogen (secondary N) is 1. The molecule has 1 aromatic rings. The maximum absolute atomic E-state index is 10.9. The molecule has 0 unspecified atom stereocenters. The van der Waals surface area contributed by atoms with Crippen LogP contribution in [0.2, 0.25) is 0 Å². The summed E-state index contributed by atoms with van der Waals surface area (Å²) in [5.74, 6) is -0.248. The van der Waals surface area contributed by atoms with E-state index in [2.05, 4.69) is 12.2 Å². The van der Waals surface area contributed by atoms with E-state index in [1.165, 1.54) is 0 Å². The first-order valence-electron chi connectivity index (χ1n) is 3.51. The topological polar surface area (TPSA) is 29.1 Å². The zero-order chi connectivity index (χ0) is 8.97. The second kappa shape index (κ2) is 4.12. The molecule has 0 bridgehead atoms. The number of carbonyl (C=O) groups excluding carboxylic acids is 1. The number of anilines is 1. The Balaban J connectivity index is 2.75. The lowest BCUT2D eigenvalue weighted by Crippen LogP contribution is -2.13. The van der Waals surface area contributed by atoms with Gasteiger partial charge in [0.15, 0.2) is 0 Å². The predicted molar refractivity (Wildman–Crippen MR) is 50.3 cm³/mol. The first-order chi connectivity index (χ1) is 5.74. The van der Waals surface area contributed by atoms with Crippen molar-refractivity contribution in [3.8, 4) is 0 Å². The molecule has 0 aromatic heterocycles. The smallest absolute Gasteiger partial charge is 0.239 e. The number of hydrogen-bond acceptors (Lipinski definition) is 1. The number of benzene rings is 1. The Morgan fingerprint density at radius 1 is 1.50 bits per heavy atom. The Kier molecular flexibility index (Phi) is 3.11. The van der Waals surface area contributed by atoms with Gasteiger partial charge in [-0.3, -0.25) is 4.79 Å². The number of halogens is 1. The lowest BCUT2D eigenvalue weighted by Gasteiger charge is -2.04. The molecule has 1 amide bonds. The average molecular weight is 183 g/mol. The minimum atomic E-state index is -0.215. The summed E-state index contributed by atoms with van der Waals surface area (Å²) in [4.78, 5) is 10.9. The van der Waals surface area contributed by atoms with Crippen molar-refractivity contribution in [3.63, 3.8) is 0 Å². The Hall–Kier alpha value is -1.02. The Morgan fingerprint density at radius 3 is 2.75 bits per heavy atom. The fraction of sp³-hybridized carbons (Fsp3) is 0.111. The van der Waals surface area contributed by atoms with E-state index in [0.29, 0.717) is 5.69 Å². The van der Waals surface area contributed by atoms with Gasteiger partial charge in [0, 0.05) is 5.69 Å². The van der Waals surface area contributed by atoms with Crippen molar-refractivity contribution in [2.75, 3.05) is 11.2 Å². The van der Waals surface area contributed by atoms with E-state index in [1.54, 1.807) is 6.07 Å². The number of amides is 1. The molecule has 0 fully saturated rings. The molecule has 0 aliphatic carbocycles. The summed E-state index contributed by atoms with van der Waals surface area (Å²) in [6.07, 6.45) is 0. The van der Waals surface area contributed by atoms with E-state index in [9.17, 15) is 4.79 Å². The first kappa shape index (κ1) is 9.07. The SMILES string of the molecule is [CH2]c1ccccc1NC(=O)CCl. The fourth-order valence-electron chi connectivity index (χ4n) is 0.826. The zero-order valence-corrected chi connectivity index (χ0v) is 7.27. The van der Waals surface area contributed by atoms with Crippen LogP contribution in [0.3, 0.4) is 0 Å². The largest absolute Gasteiger partial charge is 0.325 e. The number of rotatable bonds is 2. The van der Waals surface area contributed by atoms with Crippen molar-refractivity contribution < 1.29 is 4.79 Å². The summed E-state index contributed by atoms with van der Waals surface area (Å²) in [6.45, 7) is 3.75. The summed E-state index contributed by atoms with van der Waals surface area (Å²) in [7, 11) is 0. The van der Waals surface area contributed by atoms with Crippen LogP contribution in [0.4, 0.5) is 5.69 Å². The van der Waals surface area contributed by atoms with Crippen LogP contribution in [0.25, 0.3) is 0 Å². The van der Waals surface area contributed by atoms with Crippen molar-refractivity contribution in [2.45, 2.75) is 0 Å². The van der Waals surface area contributed by atoms with E-state index < -0.39 is 0 Å². The number of carbonyl (C=O) groups is 1. The van der Waals surface area contributed by atoms with Crippen LogP contribution in [0.5, 0.6) is 0 Å². The van der Waals surface area contributed by atoms with Crippen molar-refractivity contribution in [2.24, 2.45) is 0 Å². The lowest BCUT2D eigenvalue weighted by molar-refractivity contribution is -0.113. The van der Waals surface area contributed by atoms with Gasteiger partial charge in [0.05, 0.1) is 0 Å². The van der Waals surface area contributed by atoms with Gasteiger partial charge in [-0.2, -0.15) is 0 Å². The molecule has 0 atom stereocenters. The molecular formula is C9H9ClNO. The molecule has 0 spiro atoms. The van der Waals surface area contributed by atoms with Gasteiger partial charge in [0.25, 0.3) is 0 Å². The third-order valence-corrected chi connectivity index (χ3v) is 1.66. The monoisotopic (exact) mass is 182 g/mol. The Bertz CT molecular complexity index is 286. The van der Waals surface area contributed by atoms with Crippen molar-refractivity contribution in [1.29, 1.82) is 0 Å². The predicted octanol–water partition coefficient (Wildman–Crippen LogP) is 2.05. The van der Waals surface area contributed by atoms with E-state index in [-0.39, 0.29) is 11.8 Å². The molecule has 1 radical (unpaired) electrons. The quantitative estimate of drug-likeness (QED) is 0.697. The third kappa shape index (κ3) is 2.24. The van der Waals surface area contributed by atoms with Gasteiger partial charge in [-0.25, -0.2) is 0 Å². The van der Waals surface area contributed by atoms with Crippen LogP contribution < -0.4 is 5.32 Å². The molecule has 0 saturated carbocycles. The summed E-state index contributed by atoms with van der Waals surface area (Å²) >= 11 is 5.32. The van der Waals surface area contributed by atoms with Crippen molar-refractivity contribution in [3.05, 3.63) is 36.8 Å². The molecule has 0 saturated heterocycles. The van der Waals surface area contributed by atoms with Gasteiger partial charge in [0.2, 0.25) is 5.91 Å². The highest BCUT2D eigenvalue weighted by atomic mass is 35.5. The molecule has 1 rings (SSSR count). The van der Waals surface area contributed by atoms with E-state index in [4.69, 9.17) is 11.6 Å². The van der Waals surface area contributed by atoms with Crippen LogP contribution in [-0.2, 0) is 4.79 Å². The molecule has 12 heavy (non-hydrogen) atoms. The molecule has 63 valence electrons. The Labute approximate surface area is 76.5 Å². The molecule has 0 aliphatic heterocycles. The lowest BCUT2D eigenvalue weighted by atomic mass is 10.2. The first-order valence-corrected chi connectivity index (χ1v) is 4.04. The molecule has 0 aliphatic rings. The summed E-state index contributed by atoms with van der Waals surface area (Å²) in [5, 5.41) is 2.63. The summed E-state index contributed by atoms with van der Waals surface area (Å²) in [6, 6.07) is 7.30. The third-order valence-electron chi connectivity index (χ3n) is 1.41. The van der Waals surface area contributed by atoms with Gasteiger partial charge in [-0.1, -0.05) is 18.2 Å². The van der Waals surface area contributed by atoms with Gasteiger partial charge in [-0.15, -0.1) is 11.6 Å². The summed E-state index contributed by atoms with van der Waals surface area (Å²) in [5.41, 5.74) is 1.50. The molecule has 1 N–H and O–H groups in total. The van der Waals surface area contributed by atoms with E-state index >= 15 is 0 Å². The number of hydrogen-bond donors (Lipinski definition) is 1. The van der Waals surface area contributed by atoms with Gasteiger partial charge < -0.3 is 5.32 Å². The summed E-state index contributed by atoms with van der Waals surface area (Å²) < 4.78 is 0. The van der Waals surface area contributed by atoms with Crippen LogP contribution in [-0.4, -0.2) is 11.8 Å². The molecule has 1 aromatic carbocycles. The van der Waals surface area contributed by atoms with Crippen LogP contribution >= 0.6 is 11.6 Å². The fourth-order valence-corrected chi connectivity index (χ4v) is 0.893. The minimum absolute atomic E-state index is 0.0334. The van der Waals surface area contributed by atoms with Gasteiger partial charge in [-0.05, 0) is 18.6 Å². The molecule has 0 heterocycles. The number of alkyl halides is 1. The van der Waals surface area contributed by atoms with Crippen molar-refractivity contribution in [1.82, 2.24) is 0 Å². The van der Waals surface area contributed by atoms with Crippen LogP contribution in [0, 0.1) is 6.92 Å². The van der Waals surface area contributed by atoms with Crippen LogP contribution in [0.1, 0.15) is 5.56 Å². The normalized spacial score (nSPS) is 9.50. The maximum Gasteiger partial charge on any atom is 0.239 e.